The predicted octanol–water partition coefficient (Wildman–Crippen LogP) is 3.26. The molecule has 1 spiro atoms. The normalized spacial score (nSPS) is 30.3. The molecule has 1 aromatic rings. The van der Waals surface area contributed by atoms with E-state index in [2.05, 4.69) is 15.4 Å². The molecule has 1 unspecified atom stereocenters. The van der Waals surface area contributed by atoms with Crippen molar-refractivity contribution in [2.45, 2.75) is 121 Å². The van der Waals surface area contributed by atoms with Crippen molar-refractivity contribution in [3.63, 3.8) is 0 Å². The first-order valence-corrected chi connectivity index (χ1v) is 20.5. The highest BCUT2D eigenvalue weighted by Gasteiger charge is 2.62. The van der Waals surface area contributed by atoms with Gasteiger partial charge in [0.05, 0.1) is 24.9 Å². The Morgan fingerprint density at radius 1 is 1.06 bits per heavy atom. The van der Waals surface area contributed by atoms with Crippen LogP contribution in [0.2, 0.25) is 0 Å². The molecule has 4 fully saturated rings. The van der Waals surface area contributed by atoms with E-state index in [1.165, 1.54) is 9.80 Å². The minimum absolute atomic E-state index is 0.0799. The third-order valence-electron chi connectivity index (χ3n) is 11.8. The highest BCUT2D eigenvalue weighted by atomic mass is 32.2. The van der Waals surface area contributed by atoms with Gasteiger partial charge in [0.15, 0.2) is 0 Å². The minimum Gasteiger partial charge on any atom is -0.489 e. The summed E-state index contributed by atoms with van der Waals surface area (Å²) in [6.45, 7) is 8.09. The van der Waals surface area contributed by atoms with Gasteiger partial charge < -0.3 is 29.7 Å². The van der Waals surface area contributed by atoms with Gasteiger partial charge in [0.25, 0.3) is 5.91 Å². The van der Waals surface area contributed by atoms with E-state index in [4.69, 9.17) is 14.2 Å². The topological polar surface area (TPSA) is 190 Å². The summed E-state index contributed by atoms with van der Waals surface area (Å²) in [6, 6.07) is 3.34. The molecule has 4 bridgehead atoms. The van der Waals surface area contributed by atoms with Crippen LogP contribution in [0.5, 0.6) is 5.75 Å². The largest absolute Gasteiger partial charge is 0.489 e. The number of amides is 5. The second-order valence-corrected chi connectivity index (χ2v) is 18.9. The molecule has 1 aromatic carbocycles. The molecule has 3 saturated carbocycles. The van der Waals surface area contributed by atoms with Crippen LogP contribution in [0.15, 0.2) is 30.4 Å². The summed E-state index contributed by atoms with van der Waals surface area (Å²) >= 11 is 0. The summed E-state index contributed by atoms with van der Waals surface area (Å²) in [7, 11) is -3.89. The van der Waals surface area contributed by atoms with Crippen LogP contribution in [0.25, 0.3) is 0 Å². The first kappa shape index (κ1) is 38.0. The van der Waals surface area contributed by atoms with Crippen LogP contribution >= 0.6 is 0 Å². The van der Waals surface area contributed by atoms with Crippen LogP contribution in [-0.4, -0.2) is 96.9 Å². The average molecular weight is 770 g/mol. The molecule has 294 valence electrons. The van der Waals surface area contributed by atoms with E-state index in [0.717, 1.165) is 24.0 Å². The number of carbonyl (C=O) groups excluding carboxylic acids is 5. The molecular formula is C38H51N5O10S. The molecule has 5 atom stereocenters. The number of allylic oxidation sites excluding steroid dienone is 1. The van der Waals surface area contributed by atoms with Crippen LogP contribution in [0.4, 0.5) is 9.59 Å². The highest BCUT2D eigenvalue weighted by Crippen LogP contribution is 2.49. The molecule has 5 amide bonds. The number of nitrogens with one attached hydrogen (secondary N) is 3. The van der Waals surface area contributed by atoms with E-state index in [1.54, 1.807) is 20.8 Å². The fourth-order valence-corrected chi connectivity index (χ4v) is 9.22. The molecule has 54 heavy (non-hydrogen) atoms. The lowest BCUT2D eigenvalue weighted by atomic mass is 9.85. The van der Waals surface area contributed by atoms with Crippen molar-refractivity contribution in [3.05, 3.63) is 41.5 Å². The third-order valence-corrected chi connectivity index (χ3v) is 13.6. The van der Waals surface area contributed by atoms with Crippen molar-refractivity contribution in [2.75, 3.05) is 19.8 Å². The summed E-state index contributed by atoms with van der Waals surface area (Å²) in [6.07, 6.45) is 5.71. The van der Waals surface area contributed by atoms with E-state index in [0.29, 0.717) is 44.6 Å². The Labute approximate surface area is 315 Å². The molecule has 0 radical (unpaired) electrons. The maximum Gasteiger partial charge on any atom is 0.410 e. The number of cyclic esters (lactones) is 1. The first-order chi connectivity index (χ1) is 25.5. The highest BCUT2D eigenvalue weighted by molar-refractivity contribution is 7.91. The van der Waals surface area contributed by atoms with E-state index in [1.807, 2.05) is 37.3 Å². The Morgan fingerprint density at radius 2 is 1.81 bits per heavy atom. The standard InChI is InChI=1S/C38H51N5O10S/c1-5-24-18-38(24,33(46)41-54(49,50)26-11-12-26)40-31(44)28-17-25-20-43(28)32(45)30(36(2,3)4)39-34(47)52-22-37(14-15-37)13-6-7-16-51-29-10-8-9-23-19-42(21-27(23)29)35(48)53-25/h6-10,24-26,28,30H,5,11-22H2,1-4H3,(H,39,47)(H,40,44)(H,41,46)/b7-6+/t24-,25?,28-,30+,38-/m0/s1. The number of nitrogens with zero attached hydrogens (tertiary/aromatic N) is 2. The summed E-state index contributed by atoms with van der Waals surface area (Å²) in [5.74, 6) is -1.71. The number of sulfonamides is 1. The fourth-order valence-electron chi connectivity index (χ4n) is 7.86. The van der Waals surface area contributed by atoms with Gasteiger partial charge in [-0.2, -0.15) is 0 Å². The number of rotatable bonds is 6. The molecule has 3 aliphatic carbocycles. The van der Waals surface area contributed by atoms with E-state index < -0.39 is 74.3 Å². The zero-order valence-corrected chi connectivity index (χ0v) is 32.2. The molecule has 16 heteroatoms. The van der Waals surface area contributed by atoms with Crippen molar-refractivity contribution in [3.8, 4) is 5.75 Å². The van der Waals surface area contributed by atoms with Gasteiger partial charge >= 0.3 is 12.2 Å². The lowest BCUT2D eigenvalue weighted by molar-refractivity contribution is -0.143. The van der Waals surface area contributed by atoms with Crippen LogP contribution in [0.3, 0.4) is 0 Å². The van der Waals surface area contributed by atoms with Crippen LogP contribution in [-0.2, 0) is 47.0 Å². The maximum absolute atomic E-state index is 14.5. The summed E-state index contributed by atoms with van der Waals surface area (Å²) in [5, 5.41) is 4.93. The van der Waals surface area contributed by atoms with E-state index in [-0.39, 0.29) is 43.9 Å². The Morgan fingerprint density at radius 3 is 2.48 bits per heavy atom. The lowest BCUT2D eigenvalue weighted by Gasteiger charge is -2.35. The molecule has 3 heterocycles. The quantitative estimate of drug-likeness (QED) is 0.363. The number of carbonyl (C=O) groups is 5. The maximum atomic E-state index is 14.5. The van der Waals surface area contributed by atoms with Crippen molar-refractivity contribution < 1.29 is 46.6 Å². The fraction of sp³-hybridized carbons (Fsp3) is 0.658. The Kier molecular flexibility index (Phi) is 9.88. The smallest absolute Gasteiger partial charge is 0.410 e. The number of alkyl carbamates (subject to hydrolysis) is 1. The lowest BCUT2D eigenvalue weighted by Crippen LogP contribution is -2.60. The van der Waals surface area contributed by atoms with Gasteiger partial charge in [-0.3, -0.25) is 24.0 Å². The SMILES string of the molecule is CC[C@H]1C[C@@]1(NC(=O)[C@@H]1CC2CN1C(=O)[C@H](C(C)(C)C)NC(=O)OCC1(C/C=C/COc3cccc4c3CN(C4)C(=O)O2)CC1)C(=O)NS(=O)(=O)C1CC1. The van der Waals surface area contributed by atoms with Gasteiger partial charge in [0.2, 0.25) is 21.8 Å². The molecular weight excluding hydrogens is 719 g/mol. The van der Waals surface area contributed by atoms with Gasteiger partial charge in [-0.1, -0.05) is 58.4 Å². The number of ether oxygens (including phenoxy) is 3. The summed E-state index contributed by atoms with van der Waals surface area (Å²) in [5.41, 5.74) is -0.690. The van der Waals surface area contributed by atoms with Crippen molar-refractivity contribution in [1.29, 1.82) is 0 Å². The zero-order chi connectivity index (χ0) is 38.6. The number of hydrogen-bond donors (Lipinski definition) is 3. The van der Waals surface area contributed by atoms with Crippen molar-refractivity contribution in [2.24, 2.45) is 16.7 Å². The van der Waals surface area contributed by atoms with Gasteiger partial charge in [0.1, 0.15) is 36.1 Å². The van der Waals surface area contributed by atoms with Gasteiger partial charge in [-0.25, -0.2) is 18.0 Å². The molecule has 6 aliphatic rings. The minimum atomic E-state index is -3.89. The van der Waals surface area contributed by atoms with Crippen LogP contribution < -0.4 is 20.1 Å². The summed E-state index contributed by atoms with van der Waals surface area (Å²) < 4.78 is 45.3. The zero-order valence-electron chi connectivity index (χ0n) is 31.4. The second kappa shape index (κ2) is 14.1. The van der Waals surface area contributed by atoms with Gasteiger partial charge in [-0.15, -0.1) is 0 Å². The monoisotopic (exact) mass is 769 g/mol. The second-order valence-electron chi connectivity index (χ2n) is 16.9. The van der Waals surface area contributed by atoms with Crippen LogP contribution in [0.1, 0.15) is 90.2 Å². The number of fused-ring (bicyclic) bond motifs is 3. The molecule has 3 aliphatic heterocycles. The van der Waals surface area contributed by atoms with E-state index in [9.17, 15) is 32.4 Å². The summed E-state index contributed by atoms with van der Waals surface area (Å²) in [4.78, 5) is 72.0. The molecule has 1 saturated heterocycles. The first-order valence-electron chi connectivity index (χ1n) is 19.0. The van der Waals surface area contributed by atoms with E-state index >= 15 is 0 Å². The Hall–Kier alpha value is -4.34. The molecule has 0 aromatic heterocycles. The number of hydrogen-bond acceptors (Lipinski definition) is 10. The van der Waals surface area contributed by atoms with Crippen molar-refractivity contribution >= 4 is 39.9 Å². The third kappa shape index (κ3) is 7.76. The van der Waals surface area contributed by atoms with Gasteiger partial charge in [0, 0.05) is 23.9 Å². The molecule has 7 rings (SSSR count). The Bertz CT molecular complexity index is 1850. The molecule has 3 N–H and O–H groups in total. The molecule has 15 nitrogen and oxygen atoms in total. The Balaban J connectivity index is 1.16. The van der Waals surface area contributed by atoms with Gasteiger partial charge in [-0.05, 0) is 61.5 Å². The predicted molar refractivity (Wildman–Crippen MR) is 194 cm³/mol. The van der Waals surface area contributed by atoms with Crippen molar-refractivity contribution in [1.82, 2.24) is 25.2 Å². The van der Waals surface area contributed by atoms with Crippen LogP contribution in [0, 0.1) is 16.7 Å². The number of benzene rings is 1. The average Bonchev–Trinajstić information content (AvgIpc) is 4.07.